The van der Waals surface area contributed by atoms with E-state index in [2.05, 4.69) is 10.6 Å². The molecule has 2 aromatic rings. The summed E-state index contributed by atoms with van der Waals surface area (Å²) in [5.41, 5.74) is 1.20. The SMILES string of the molecule is COc1ccc(NC(=O)C(=O)NCCc2ccc(S(=O)(=O)N3CCCC3)cc2)c(OC)c1. The topological polar surface area (TPSA) is 114 Å². The molecule has 2 amide bonds. The van der Waals surface area contributed by atoms with Gasteiger partial charge in [-0.05, 0) is 49.1 Å². The largest absolute Gasteiger partial charge is 0.497 e. The van der Waals surface area contributed by atoms with Gasteiger partial charge in [-0.1, -0.05) is 12.1 Å². The van der Waals surface area contributed by atoms with Gasteiger partial charge in [-0.25, -0.2) is 8.42 Å². The Morgan fingerprint density at radius 3 is 2.28 bits per heavy atom. The van der Waals surface area contributed by atoms with Crippen LogP contribution in [0.15, 0.2) is 47.4 Å². The summed E-state index contributed by atoms with van der Waals surface area (Å²) in [6.45, 7) is 1.34. The zero-order chi connectivity index (χ0) is 23.1. The Bertz CT molecular complexity index is 1060. The molecule has 0 aliphatic carbocycles. The number of hydrogen-bond acceptors (Lipinski definition) is 6. The van der Waals surface area contributed by atoms with Crippen LogP contribution < -0.4 is 20.1 Å². The van der Waals surface area contributed by atoms with Gasteiger partial charge in [0.1, 0.15) is 11.5 Å². The normalized spacial score (nSPS) is 14.1. The minimum absolute atomic E-state index is 0.226. The van der Waals surface area contributed by atoms with Gasteiger partial charge in [0, 0.05) is 25.7 Å². The van der Waals surface area contributed by atoms with E-state index in [1.165, 1.54) is 18.5 Å². The molecule has 1 fully saturated rings. The lowest BCUT2D eigenvalue weighted by molar-refractivity contribution is -0.136. The van der Waals surface area contributed by atoms with Gasteiger partial charge >= 0.3 is 11.8 Å². The maximum absolute atomic E-state index is 12.6. The van der Waals surface area contributed by atoms with Crippen LogP contribution in [0.2, 0.25) is 0 Å². The number of nitrogens with one attached hydrogen (secondary N) is 2. The van der Waals surface area contributed by atoms with Crippen molar-refractivity contribution in [2.75, 3.05) is 39.2 Å². The van der Waals surface area contributed by atoms with E-state index in [0.717, 1.165) is 18.4 Å². The molecule has 1 aliphatic heterocycles. The number of benzene rings is 2. The van der Waals surface area contributed by atoms with Gasteiger partial charge in [0.2, 0.25) is 10.0 Å². The van der Waals surface area contributed by atoms with Gasteiger partial charge in [-0.3, -0.25) is 9.59 Å². The highest BCUT2D eigenvalue weighted by Crippen LogP contribution is 2.29. The minimum Gasteiger partial charge on any atom is -0.497 e. The van der Waals surface area contributed by atoms with Gasteiger partial charge in [-0.15, -0.1) is 0 Å². The summed E-state index contributed by atoms with van der Waals surface area (Å²) in [5.74, 6) is -0.672. The fourth-order valence-corrected chi connectivity index (χ4v) is 4.90. The predicted molar refractivity (Wildman–Crippen MR) is 119 cm³/mol. The quantitative estimate of drug-likeness (QED) is 0.580. The van der Waals surface area contributed by atoms with Crippen LogP contribution in [0.25, 0.3) is 0 Å². The van der Waals surface area contributed by atoms with Crippen LogP contribution in [0.3, 0.4) is 0 Å². The van der Waals surface area contributed by atoms with Crippen molar-refractivity contribution in [1.29, 1.82) is 0 Å². The first-order valence-electron chi connectivity index (χ1n) is 10.3. The monoisotopic (exact) mass is 461 g/mol. The number of methoxy groups -OCH3 is 2. The predicted octanol–water partition coefficient (Wildman–Crippen LogP) is 1.79. The molecule has 172 valence electrons. The number of rotatable bonds is 8. The smallest absolute Gasteiger partial charge is 0.313 e. The molecule has 32 heavy (non-hydrogen) atoms. The third kappa shape index (κ3) is 5.57. The lowest BCUT2D eigenvalue weighted by Gasteiger charge is -2.15. The van der Waals surface area contributed by atoms with Crippen LogP contribution in [0, 0.1) is 0 Å². The number of ether oxygens (including phenoxy) is 2. The van der Waals surface area contributed by atoms with Gasteiger partial charge < -0.3 is 20.1 Å². The summed E-state index contributed by atoms with van der Waals surface area (Å²) in [6.07, 6.45) is 2.22. The van der Waals surface area contributed by atoms with E-state index in [1.807, 2.05) is 0 Å². The molecule has 3 rings (SSSR count). The molecule has 0 bridgehead atoms. The van der Waals surface area contributed by atoms with Crippen molar-refractivity contribution in [3.8, 4) is 11.5 Å². The first kappa shape index (κ1) is 23.6. The summed E-state index contributed by atoms with van der Waals surface area (Å²) in [4.78, 5) is 24.6. The van der Waals surface area contributed by atoms with Crippen LogP contribution in [-0.4, -0.2) is 58.4 Å². The molecule has 2 N–H and O–H groups in total. The lowest BCUT2D eigenvalue weighted by atomic mass is 10.1. The first-order chi connectivity index (χ1) is 15.3. The molecule has 9 nitrogen and oxygen atoms in total. The zero-order valence-electron chi connectivity index (χ0n) is 18.1. The molecular formula is C22H27N3O6S. The minimum atomic E-state index is -3.45. The summed E-state index contributed by atoms with van der Waals surface area (Å²) < 4.78 is 36.9. The highest BCUT2D eigenvalue weighted by atomic mass is 32.2. The van der Waals surface area contributed by atoms with Crippen molar-refractivity contribution in [2.24, 2.45) is 0 Å². The average Bonchev–Trinajstić information content (AvgIpc) is 3.35. The highest BCUT2D eigenvalue weighted by molar-refractivity contribution is 7.89. The lowest BCUT2D eigenvalue weighted by Crippen LogP contribution is -2.36. The van der Waals surface area contributed by atoms with E-state index in [4.69, 9.17) is 9.47 Å². The second-order valence-electron chi connectivity index (χ2n) is 7.28. The molecule has 1 saturated heterocycles. The average molecular weight is 462 g/mol. The molecule has 0 saturated carbocycles. The molecule has 0 radical (unpaired) electrons. The van der Waals surface area contributed by atoms with E-state index in [1.54, 1.807) is 42.5 Å². The maximum atomic E-state index is 12.6. The Morgan fingerprint density at radius 2 is 1.66 bits per heavy atom. The van der Waals surface area contributed by atoms with Crippen LogP contribution >= 0.6 is 0 Å². The number of hydrogen-bond donors (Lipinski definition) is 2. The van der Waals surface area contributed by atoms with Crippen LogP contribution in [0.4, 0.5) is 5.69 Å². The molecule has 0 atom stereocenters. The van der Waals surface area contributed by atoms with E-state index < -0.39 is 21.8 Å². The first-order valence-corrected chi connectivity index (χ1v) is 11.7. The van der Waals surface area contributed by atoms with Crippen molar-refractivity contribution in [3.63, 3.8) is 0 Å². The number of carbonyl (C=O) groups is 2. The van der Waals surface area contributed by atoms with Crippen molar-refractivity contribution in [1.82, 2.24) is 9.62 Å². The number of nitrogens with zero attached hydrogens (tertiary/aromatic N) is 1. The standard InChI is InChI=1S/C22H27N3O6S/c1-30-17-7-10-19(20(15-17)31-2)24-22(27)21(26)23-12-11-16-5-8-18(9-6-16)32(28,29)25-13-3-4-14-25/h5-10,15H,3-4,11-14H2,1-2H3,(H,23,26)(H,24,27). The van der Waals surface area contributed by atoms with Gasteiger partial charge in [0.05, 0.1) is 24.8 Å². The van der Waals surface area contributed by atoms with E-state index in [9.17, 15) is 18.0 Å². The highest BCUT2D eigenvalue weighted by Gasteiger charge is 2.26. The Morgan fingerprint density at radius 1 is 0.969 bits per heavy atom. The molecule has 0 spiro atoms. The van der Waals surface area contributed by atoms with Crippen molar-refractivity contribution in [2.45, 2.75) is 24.2 Å². The molecule has 10 heteroatoms. The summed E-state index contributed by atoms with van der Waals surface area (Å²) >= 11 is 0. The summed E-state index contributed by atoms with van der Waals surface area (Å²) in [5, 5.41) is 5.07. The number of carbonyl (C=O) groups excluding carboxylic acids is 2. The van der Waals surface area contributed by atoms with Crippen LogP contribution in [0.5, 0.6) is 11.5 Å². The molecule has 0 aromatic heterocycles. The Hall–Kier alpha value is -3.11. The van der Waals surface area contributed by atoms with Crippen molar-refractivity contribution >= 4 is 27.5 Å². The number of sulfonamides is 1. The third-order valence-corrected chi connectivity index (χ3v) is 7.10. The van der Waals surface area contributed by atoms with Crippen molar-refractivity contribution in [3.05, 3.63) is 48.0 Å². The van der Waals surface area contributed by atoms with Crippen molar-refractivity contribution < 1.29 is 27.5 Å². The van der Waals surface area contributed by atoms with E-state index >= 15 is 0 Å². The molecule has 1 heterocycles. The van der Waals surface area contributed by atoms with E-state index in [0.29, 0.717) is 36.7 Å². The Labute approximate surface area is 187 Å². The number of amides is 2. The molecular weight excluding hydrogens is 434 g/mol. The molecule has 2 aromatic carbocycles. The van der Waals surface area contributed by atoms with E-state index in [-0.39, 0.29) is 11.4 Å². The fraction of sp³-hybridized carbons (Fsp3) is 0.364. The third-order valence-electron chi connectivity index (χ3n) is 5.19. The van der Waals surface area contributed by atoms with Gasteiger partial charge in [0.15, 0.2) is 0 Å². The summed E-state index contributed by atoms with van der Waals surface area (Å²) in [6, 6.07) is 11.4. The van der Waals surface area contributed by atoms with Crippen LogP contribution in [0.1, 0.15) is 18.4 Å². The second kappa shape index (κ2) is 10.5. The fourth-order valence-electron chi connectivity index (χ4n) is 3.39. The zero-order valence-corrected chi connectivity index (χ0v) is 18.9. The Kier molecular flexibility index (Phi) is 7.70. The van der Waals surface area contributed by atoms with Gasteiger partial charge in [-0.2, -0.15) is 4.31 Å². The molecule has 1 aliphatic rings. The maximum Gasteiger partial charge on any atom is 0.313 e. The second-order valence-corrected chi connectivity index (χ2v) is 9.22. The van der Waals surface area contributed by atoms with Crippen LogP contribution in [-0.2, 0) is 26.0 Å². The summed E-state index contributed by atoms with van der Waals surface area (Å²) in [7, 11) is -0.483. The number of anilines is 1. The van der Waals surface area contributed by atoms with Gasteiger partial charge in [0.25, 0.3) is 0 Å². The Balaban J connectivity index is 1.51. The molecule has 0 unspecified atom stereocenters.